The number of unbranched alkanes of at least 4 members (excludes halogenated alkanes) is 4. The second kappa shape index (κ2) is 9.94. The number of aliphatic hydroxyl groups is 1. The first-order valence-electron chi connectivity index (χ1n) is 8.02. The second-order valence-electron chi connectivity index (χ2n) is 5.88. The zero-order valence-corrected chi connectivity index (χ0v) is 11.8. The summed E-state index contributed by atoms with van der Waals surface area (Å²) in [5, 5.41) is 10.2. The van der Waals surface area contributed by atoms with Crippen LogP contribution in [0.2, 0.25) is 0 Å². The molecule has 1 aliphatic carbocycles. The Kier molecular flexibility index (Phi) is 8.78. The van der Waals surface area contributed by atoms with Crippen molar-refractivity contribution in [2.75, 3.05) is 0 Å². The minimum absolute atomic E-state index is 0.00488. The van der Waals surface area contributed by atoms with E-state index in [4.69, 9.17) is 0 Å². The van der Waals surface area contributed by atoms with Gasteiger partial charge in [0.05, 0.1) is 6.10 Å². The highest BCUT2D eigenvalue weighted by Gasteiger charge is 2.19. The summed E-state index contributed by atoms with van der Waals surface area (Å²) in [6.07, 6.45) is 17.1. The summed E-state index contributed by atoms with van der Waals surface area (Å²) in [5.74, 6) is 0.612. The zero-order valence-electron chi connectivity index (χ0n) is 11.8. The monoisotopic (exact) mass is 240 g/mol. The molecule has 1 aliphatic rings. The first-order valence-corrected chi connectivity index (χ1v) is 8.02. The number of aliphatic hydroxyl groups excluding tert-OH is 1. The Bertz CT molecular complexity index is 159. The third-order valence-electron chi connectivity index (χ3n) is 4.30. The van der Waals surface area contributed by atoms with E-state index in [1.807, 2.05) is 0 Å². The van der Waals surface area contributed by atoms with Gasteiger partial charge in [0.1, 0.15) is 0 Å². The molecule has 1 heteroatoms. The molecule has 17 heavy (non-hydrogen) atoms. The van der Waals surface area contributed by atoms with Gasteiger partial charge in [0.25, 0.3) is 0 Å². The molecule has 0 spiro atoms. The lowest BCUT2D eigenvalue weighted by atomic mass is 9.85. The van der Waals surface area contributed by atoms with Crippen LogP contribution in [0.25, 0.3) is 0 Å². The van der Waals surface area contributed by atoms with Gasteiger partial charge in [-0.15, -0.1) is 0 Å². The van der Waals surface area contributed by atoms with E-state index >= 15 is 0 Å². The SMILES string of the molecule is CCCCCCCC(O)C1CCCCCCC1. The topological polar surface area (TPSA) is 20.2 Å². The van der Waals surface area contributed by atoms with Gasteiger partial charge in [0, 0.05) is 0 Å². The molecule has 0 bridgehead atoms. The Labute approximate surface area is 108 Å². The summed E-state index contributed by atoms with van der Waals surface area (Å²) in [5.41, 5.74) is 0. The van der Waals surface area contributed by atoms with Gasteiger partial charge in [-0.05, 0) is 25.2 Å². The molecule has 0 aromatic carbocycles. The molecule has 0 radical (unpaired) electrons. The van der Waals surface area contributed by atoms with E-state index in [2.05, 4.69) is 6.92 Å². The Morgan fingerprint density at radius 2 is 1.47 bits per heavy atom. The van der Waals surface area contributed by atoms with Crippen LogP contribution >= 0.6 is 0 Å². The molecule has 1 rings (SSSR count). The molecule has 1 atom stereocenters. The summed E-state index contributed by atoms with van der Waals surface area (Å²) in [4.78, 5) is 0. The van der Waals surface area contributed by atoms with E-state index in [0.717, 1.165) is 6.42 Å². The molecule has 1 N–H and O–H groups in total. The minimum atomic E-state index is -0.00488. The summed E-state index contributed by atoms with van der Waals surface area (Å²) in [6, 6.07) is 0. The molecule has 1 saturated carbocycles. The average Bonchev–Trinajstić information content (AvgIpc) is 2.28. The van der Waals surface area contributed by atoms with Crippen molar-refractivity contribution in [1.82, 2.24) is 0 Å². The molecule has 0 aromatic rings. The third-order valence-corrected chi connectivity index (χ3v) is 4.30. The summed E-state index contributed by atoms with van der Waals surface area (Å²) >= 11 is 0. The zero-order chi connectivity index (χ0) is 12.3. The van der Waals surface area contributed by atoms with Crippen molar-refractivity contribution in [1.29, 1.82) is 0 Å². The van der Waals surface area contributed by atoms with Crippen LogP contribution in [0, 0.1) is 5.92 Å². The molecule has 0 heterocycles. The molecular weight excluding hydrogens is 208 g/mol. The predicted octanol–water partition coefficient (Wildman–Crippen LogP) is 5.07. The van der Waals surface area contributed by atoms with Crippen molar-refractivity contribution in [3.63, 3.8) is 0 Å². The van der Waals surface area contributed by atoms with Gasteiger partial charge >= 0.3 is 0 Å². The van der Waals surface area contributed by atoms with E-state index in [-0.39, 0.29) is 6.10 Å². The van der Waals surface area contributed by atoms with Gasteiger partial charge in [-0.1, -0.05) is 71.1 Å². The van der Waals surface area contributed by atoms with Gasteiger partial charge < -0.3 is 5.11 Å². The second-order valence-corrected chi connectivity index (χ2v) is 5.88. The molecule has 0 amide bonds. The van der Waals surface area contributed by atoms with E-state index in [1.165, 1.54) is 77.0 Å². The standard InChI is InChI=1S/C16H32O/c1-2-3-4-6-11-14-16(17)15-12-9-7-5-8-10-13-15/h15-17H,2-14H2,1H3. The summed E-state index contributed by atoms with van der Waals surface area (Å²) in [7, 11) is 0. The van der Waals surface area contributed by atoms with Crippen molar-refractivity contribution in [2.24, 2.45) is 5.92 Å². The van der Waals surface area contributed by atoms with Crippen molar-refractivity contribution >= 4 is 0 Å². The van der Waals surface area contributed by atoms with Crippen LogP contribution in [0.4, 0.5) is 0 Å². The maximum absolute atomic E-state index is 10.2. The van der Waals surface area contributed by atoms with Gasteiger partial charge in [-0.2, -0.15) is 0 Å². The fourth-order valence-electron chi connectivity index (χ4n) is 3.07. The van der Waals surface area contributed by atoms with Gasteiger partial charge in [-0.25, -0.2) is 0 Å². The largest absolute Gasteiger partial charge is 0.393 e. The van der Waals surface area contributed by atoms with Crippen LogP contribution in [0.15, 0.2) is 0 Å². The first kappa shape index (κ1) is 15.0. The normalized spacial score (nSPS) is 20.8. The number of hydrogen-bond acceptors (Lipinski definition) is 1. The lowest BCUT2D eigenvalue weighted by Crippen LogP contribution is -2.21. The Morgan fingerprint density at radius 3 is 2.12 bits per heavy atom. The molecule has 1 nitrogen and oxygen atoms in total. The maximum Gasteiger partial charge on any atom is 0.0568 e. The smallest absolute Gasteiger partial charge is 0.0568 e. The summed E-state index contributed by atoms with van der Waals surface area (Å²) in [6.45, 7) is 2.25. The van der Waals surface area contributed by atoms with Crippen molar-refractivity contribution in [3.8, 4) is 0 Å². The maximum atomic E-state index is 10.2. The fourth-order valence-corrected chi connectivity index (χ4v) is 3.07. The average molecular weight is 240 g/mol. The van der Waals surface area contributed by atoms with Crippen LogP contribution in [-0.4, -0.2) is 11.2 Å². The molecule has 102 valence electrons. The van der Waals surface area contributed by atoms with Gasteiger partial charge in [0.15, 0.2) is 0 Å². The van der Waals surface area contributed by atoms with Crippen LogP contribution in [0.1, 0.15) is 90.4 Å². The first-order chi connectivity index (χ1) is 8.34. The highest BCUT2D eigenvalue weighted by atomic mass is 16.3. The van der Waals surface area contributed by atoms with E-state index in [0.29, 0.717) is 5.92 Å². The quantitative estimate of drug-likeness (QED) is 0.616. The molecule has 0 saturated heterocycles. The van der Waals surface area contributed by atoms with E-state index in [1.54, 1.807) is 0 Å². The van der Waals surface area contributed by atoms with Crippen LogP contribution in [-0.2, 0) is 0 Å². The predicted molar refractivity (Wildman–Crippen MR) is 75.2 cm³/mol. The lowest BCUT2D eigenvalue weighted by molar-refractivity contribution is 0.0807. The highest BCUT2D eigenvalue weighted by Crippen LogP contribution is 2.27. The van der Waals surface area contributed by atoms with E-state index < -0.39 is 0 Å². The van der Waals surface area contributed by atoms with Crippen LogP contribution in [0.3, 0.4) is 0 Å². The van der Waals surface area contributed by atoms with Crippen LogP contribution in [0.5, 0.6) is 0 Å². The van der Waals surface area contributed by atoms with Gasteiger partial charge in [-0.3, -0.25) is 0 Å². The van der Waals surface area contributed by atoms with Gasteiger partial charge in [0.2, 0.25) is 0 Å². The van der Waals surface area contributed by atoms with Crippen molar-refractivity contribution < 1.29 is 5.11 Å². The van der Waals surface area contributed by atoms with Crippen molar-refractivity contribution in [3.05, 3.63) is 0 Å². The molecule has 0 aromatic heterocycles. The molecule has 0 aliphatic heterocycles. The lowest BCUT2D eigenvalue weighted by Gasteiger charge is -2.24. The third kappa shape index (κ3) is 7.08. The molecule has 1 fully saturated rings. The van der Waals surface area contributed by atoms with Crippen molar-refractivity contribution in [2.45, 2.75) is 96.5 Å². The highest BCUT2D eigenvalue weighted by molar-refractivity contribution is 4.71. The Hall–Kier alpha value is -0.0400. The van der Waals surface area contributed by atoms with E-state index in [9.17, 15) is 5.11 Å². The number of hydrogen-bond donors (Lipinski definition) is 1. The van der Waals surface area contributed by atoms with Crippen LogP contribution < -0.4 is 0 Å². The number of rotatable bonds is 7. The Morgan fingerprint density at radius 1 is 0.882 bits per heavy atom. The Balaban J connectivity index is 2.09. The fraction of sp³-hybridized carbons (Fsp3) is 1.00. The summed E-state index contributed by atoms with van der Waals surface area (Å²) < 4.78 is 0. The molecular formula is C16H32O. The minimum Gasteiger partial charge on any atom is -0.393 e. The molecule has 1 unspecified atom stereocenters.